The number of hydrogen-bond donors (Lipinski definition) is 1. The minimum absolute atomic E-state index is 0.409. The summed E-state index contributed by atoms with van der Waals surface area (Å²) in [6.45, 7) is 0. The van der Waals surface area contributed by atoms with Gasteiger partial charge < -0.3 is 14.7 Å². The van der Waals surface area contributed by atoms with Crippen molar-refractivity contribution in [1.82, 2.24) is 20.0 Å². The molecule has 118 valence electrons. The average Bonchev–Trinajstić information content (AvgIpc) is 3.18. The van der Waals surface area contributed by atoms with Crippen LogP contribution < -0.4 is 9.47 Å². The van der Waals surface area contributed by atoms with Crippen molar-refractivity contribution in [3.63, 3.8) is 0 Å². The Morgan fingerprint density at radius 3 is 2.65 bits per heavy atom. The quantitative estimate of drug-likeness (QED) is 0.738. The van der Waals surface area contributed by atoms with Crippen LogP contribution in [0.25, 0.3) is 22.8 Å². The van der Waals surface area contributed by atoms with Crippen LogP contribution in [0.2, 0.25) is 0 Å². The summed E-state index contributed by atoms with van der Waals surface area (Å²) in [4.78, 5) is 4.54. The molecule has 0 saturated carbocycles. The molecule has 8 heteroatoms. The minimum Gasteiger partial charge on any atom is -0.493 e. The largest absolute Gasteiger partial charge is 0.493 e. The van der Waals surface area contributed by atoms with Gasteiger partial charge in [-0.25, -0.2) is 9.61 Å². The van der Waals surface area contributed by atoms with Gasteiger partial charge in [0.2, 0.25) is 0 Å². The van der Waals surface area contributed by atoms with E-state index in [-0.39, 0.29) is 0 Å². The van der Waals surface area contributed by atoms with E-state index in [4.69, 9.17) is 14.1 Å². The first-order valence-electron chi connectivity index (χ1n) is 7.08. The van der Waals surface area contributed by atoms with E-state index < -0.39 is 0 Å². The summed E-state index contributed by atoms with van der Waals surface area (Å²) in [5.41, 5.74) is 3.26. The van der Waals surface area contributed by atoms with Crippen molar-refractivity contribution in [2.75, 3.05) is 14.2 Å². The first kappa shape index (κ1) is 13.6. The van der Waals surface area contributed by atoms with Gasteiger partial charge in [-0.2, -0.15) is 4.73 Å². The van der Waals surface area contributed by atoms with Gasteiger partial charge >= 0.3 is 0 Å². The molecular weight excluding hydrogens is 300 g/mol. The van der Waals surface area contributed by atoms with Crippen LogP contribution in [0, 0.1) is 0 Å². The molecule has 0 atom stereocenters. The van der Waals surface area contributed by atoms with Crippen LogP contribution in [-0.2, 0) is 12.8 Å². The van der Waals surface area contributed by atoms with Crippen LogP contribution in [0.5, 0.6) is 11.5 Å². The summed E-state index contributed by atoms with van der Waals surface area (Å²) >= 11 is 0. The fraction of sp³-hybridized carbons (Fsp3) is 0.267. The van der Waals surface area contributed by atoms with Crippen molar-refractivity contribution >= 4 is 0 Å². The normalized spacial score (nSPS) is 12.6. The molecular formula is C15H14N4O4. The average molecular weight is 314 g/mol. The van der Waals surface area contributed by atoms with Crippen molar-refractivity contribution < 1.29 is 19.3 Å². The Hall–Kier alpha value is -3.03. The number of methoxy groups -OCH3 is 2. The number of rotatable bonds is 3. The van der Waals surface area contributed by atoms with Gasteiger partial charge in [-0.1, -0.05) is 5.16 Å². The molecule has 3 aromatic rings. The maximum absolute atomic E-state index is 10.6. The van der Waals surface area contributed by atoms with E-state index in [1.807, 2.05) is 6.07 Å². The molecule has 0 saturated heterocycles. The highest BCUT2D eigenvalue weighted by atomic mass is 16.6. The van der Waals surface area contributed by atoms with Gasteiger partial charge in [-0.15, -0.1) is 0 Å². The summed E-state index contributed by atoms with van der Waals surface area (Å²) < 4.78 is 16.3. The Morgan fingerprint density at radius 2 is 1.87 bits per heavy atom. The SMILES string of the molecule is COc1ccc(-c2nc3c(n2O)-c2nonc2CC3)cc1OC. The Balaban J connectivity index is 1.86. The summed E-state index contributed by atoms with van der Waals surface area (Å²) in [5, 5.41) is 18.3. The molecule has 2 aromatic heterocycles. The second kappa shape index (κ2) is 5.01. The zero-order chi connectivity index (χ0) is 16.0. The van der Waals surface area contributed by atoms with Gasteiger partial charge in [-0.3, -0.25) is 0 Å². The zero-order valence-corrected chi connectivity index (χ0v) is 12.6. The van der Waals surface area contributed by atoms with Crippen LogP contribution >= 0.6 is 0 Å². The van der Waals surface area contributed by atoms with E-state index in [2.05, 4.69) is 15.3 Å². The lowest BCUT2D eigenvalue weighted by Gasteiger charge is -2.09. The summed E-state index contributed by atoms with van der Waals surface area (Å²) in [6, 6.07) is 5.34. The number of nitrogens with zero attached hydrogens (tertiary/aromatic N) is 4. The van der Waals surface area contributed by atoms with Crippen molar-refractivity contribution in [2.24, 2.45) is 0 Å². The molecule has 1 aliphatic carbocycles. The van der Waals surface area contributed by atoms with Crippen molar-refractivity contribution in [3.8, 4) is 34.3 Å². The summed E-state index contributed by atoms with van der Waals surface area (Å²) in [5.74, 6) is 1.58. The van der Waals surface area contributed by atoms with Crippen LogP contribution in [-0.4, -0.2) is 39.5 Å². The Morgan fingerprint density at radius 1 is 1.09 bits per heavy atom. The summed E-state index contributed by atoms with van der Waals surface area (Å²) in [6.07, 6.45) is 1.36. The molecule has 0 bridgehead atoms. The molecule has 0 amide bonds. The highest BCUT2D eigenvalue weighted by molar-refractivity contribution is 5.70. The molecule has 0 spiro atoms. The predicted octanol–water partition coefficient (Wildman–Crippen LogP) is 1.95. The van der Waals surface area contributed by atoms with Crippen LogP contribution in [0.3, 0.4) is 0 Å². The standard InChI is InChI=1S/C15H14N4O4/c1-21-11-6-3-8(7-12(11)22-2)15-16-10-5-4-9-13(18-23-17-9)14(10)19(15)20/h3,6-7,20H,4-5H2,1-2H3. The van der Waals surface area contributed by atoms with E-state index in [1.54, 1.807) is 26.4 Å². The number of aromatic nitrogens is 4. The molecule has 0 radical (unpaired) electrons. The Bertz CT molecular complexity index is 884. The third-order valence-electron chi connectivity index (χ3n) is 3.95. The topological polar surface area (TPSA) is 95.4 Å². The van der Waals surface area contributed by atoms with Gasteiger partial charge in [0.25, 0.3) is 0 Å². The van der Waals surface area contributed by atoms with E-state index in [9.17, 15) is 5.21 Å². The molecule has 23 heavy (non-hydrogen) atoms. The third-order valence-corrected chi connectivity index (χ3v) is 3.95. The third kappa shape index (κ3) is 1.95. The lowest BCUT2D eigenvalue weighted by atomic mass is 10.0. The molecule has 8 nitrogen and oxygen atoms in total. The fourth-order valence-electron chi connectivity index (χ4n) is 2.82. The highest BCUT2D eigenvalue weighted by Crippen LogP contribution is 2.36. The van der Waals surface area contributed by atoms with E-state index >= 15 is 0 Å². The molecule has 0 aliphatic heterocycles. The van der Waals surface area contributed by atoms with Crippen molar-refractivity contribution in [2.45, 2.75) is 12.8 Å². The number of imidazole rings is 1. The van der Waals surface area contributed by atoms with Crippen LogP contribution in [0.15, 0.2) is 22.8 Å². The predicted molar refractivity (Wildman–Crippen MR) is 78.7 cm³/mol. The molecule has 1 aliphatic rings. The van der Waals surface area contributed by atoms with Crippen molar-refractivity contribution in [3.05, 3.63) is 29.6 Å². The molecule has 1 aromatic carbocycles. The second-order valence-electron chi connectivity index (χ2n) is 5.17. The monoisotopic (exact) mass is 314 g/mol. The second-order valence-corrected chi connectivity index (χ2v) is 5.17. The van der Waals surface area contributed by atoms with Gasteiger partial charge in [0.1, 0.15) is 11.4 Å². The molecule has 1 N–H and O–H groups in total. The zero-order valence-electron chi connectivity index (χ0n) is 12.6. The van der Waals surface area contributed by atoms with Crippen molar-refractivity contribution in [1.29, 1.82) is 0 Å². The number of fused-ring (bicyclic) bond motifs is 3. The number of aryl methyl sites for hydroxylation is 2. The van der Waals surface area contributed by atoms with Crippen LogP contribution in [0.1, 0.15) is 11.4 Å². The Labute approximate surface area is 131 Å². The number of benzene rings is 1. The first-order valence-corrected chi connectivity index (χ1v) is 7.08. The lowest BCUT2D eigenvalue weighted by molar-refractivity contribution is 0.194. The van der Waals surface area contributed by atoms with Gasteiger partial charge in [0.05, 0.1) is 19.9 Å². The number of hydrogen-bond acceptors (Lipinski definition) is 7. The van der Waals surface area contributed by atoms with Gasteiger partial charge in [0.15, 0.2) is 23.0 Å². The molecule has 2 heterocycles. The summed E-state index contributed by atoms with van der Waals surface area (Å²) in [7, 11) is 3.13. The highest BCUT2D eigenvalue weighted by Gasteiger charge is 2.29. The van der Waals surface area contributed by atoms with Gasteiger partial charge in [-0.05, 0) is 29.8 Å². The number of ether oxygens (including phenoxy) is 2. The first-order chi connectivity index (χ1) is 11.2. The van der Waals surface area contributed by atoms with Crippen LogP contribution in [0.4, 0.5) is 0 Å². The minimum atomic E-state index is 0.409. The van der Waals surface area contributed by atoms with E-state index in [1.165, 1.54) is 0 Å². The van der Waals surface area contributed by atoms with Gasteiger partial charge in [0, 0.05) is 12.0 Å². The molecule has 0 unspecified atom stereocenters. The maximum Gasteiger partial charge on any atom is 0.176 e. The smallest absolute Gasteiger partial charge is 0.176 e. The maximum atomic E-state index is 10.6. The lowest BCUT2D eigenvalue weighted by Crippen LogP contribution is -2.06. The van der Waals surface area contributed by atoms with E-state index in [0.717, 1.165) is 16.1 Å². The van der Waals surface area contributed by atoms with E-state index in [0.29, 0.717) is 47.1 Å². The molecule has 0 fully saturated rings. The fourth-order valence-corrected chi connectivity index (χ4v) is 2.82. The Kier molecular flexibility index (Phi) is 2.97. The molecule has 4 rings (SSSR count).